The lowest BCUT2D eigenvalue weighted by Crippen LogP contribution is -2.13. The molecule has 0 aliphatic carbocycles. The number of nitrogens with zero attached hydrogens (tertiary/aromatic N) is 2. The molecule has 2 aromatic carbocycles. The van der Waals surface area contributed by atoms with E-state index in [2.05, 4.69) is 5.10 Å². The Bertz CT molecular complexity index is 884. The van der Waals surface area contributed by atoms with Crippen molar-refractivity contribution in [1.29, 1.82) is 0 Å². The Morgan fingerprint density at radius 1 is 1.05 bits per heavy atom. The third-order valence-corrected chi connectivity index (χ3v) is 3.35. The quantitative estimate of drug-likeness (QED) is 0.726. The first-order chi connectivity index (χ1) is 10.4. The van der Waals surface area contributed by atoms with Crippen molar-refractivity contribution in [3.8, 4) is 0 Å². The van der Waals surface area contributed by atoms with Crippen molar-refractivity contribution in [2.45, 2.75) is 12.7 Å². The van der Waals surface area contributed by atoms with Gasteiger partial charge in [-0.15, -0.1) is 0 Å². The molecule has 6 heteroatoms. The van der Waals surface area contributed by atoms with E-state index in [4.69, 9.17) is 0 Å². The van der Waals surface area contributed by atoms with Crippen molar-refractivity contribution in [3.05, 3.63) is 76.1 Å². The maximum absolute atomic E-state index is 12.7. The first kappa shape index (κ1) is 14.3. The van der Waals surface area contributed by atoms with Crippen LogP contribution in [0.2, 0.25) is 0 Å². The van der Waals surface area contributed by atoms with Gasteiger partial charge in [-0.1, -0.05) is 24.3 Å². The van der Waals surface area contributed by atoms with E-state index in [0.29, 0.717) is 16.5 Å². The number of halogens is 3. The highest BCUT2D eigenvalue weighted by molar-refractivity contribution is 5.77. The summed E-state index contributed by atoms with van der Waals surface area (Å²) >= 11 is 0. The van der Waals surface area contributed by atoms with Crippen molar-refractivity contribution >= 4 is 10.9 Å². The molecule has 0 aliphatic rings. The first-order valence-electron chi connectivity index (χ1n) is 6.56. The summed E-state index contributed by atoms with van der Waals surface area (Å²) in [6.45, 7) is 0.157. The topological polar surface area (TPSA) is 34.9 Å². The number of rotatable bonds is 2. The minimum Gasteiger partial charge on any atom is -0.287 e. The summed E-state index contributed by atoms with van der Waals surface area (Å²) in [5, 5.41) is 4.51. The van der Waals surface area contributed by atoms with Crippen molar-refractivity contribution in [1.82, 2.24) is 9.78 Å². The molecular formula is C16H11F3N2O. The lowest BCUT2D eigenvalue weighted by Gasteiger charge is -2.11. The monoisotopic (exact) mass is 304 g/mol. The third kappa shape index (κ3) is 2.72. The van der Waals surface area contributed by atoms with Crippen LogP contribution in [0.3, 0.4) is 0 Å². The van der Waals surface area contributed by atoms with E-state index in [1.165, 1.54) is 16.9 Å². The van der Waals surface area contributed by atoms with E-state index in [9.17, 15) is 18.0 Å². The Balaban J connectivity index is 2.04. The second kappa shape index (κ2) is 5.29. The van der Waals surface area contributed by atoms with Crippen LogP contribution in [0, 0.1) is 0 Å². The summed E-state index contributed by atoms with van der Waals surface area (Å²) < 4.78 is 39.8. The van der Waals surface area contributed by atoms with E-state index in [0.717, 1.165) is 12.1 Å². The van der Waals surface area contributed by atoms with Crippen LogP contribution in [0.4, 0.5) is 13.2 Å². The van der Waals surface area contributed by atoms with Gasteiger partial charge < -0.3 is 0 Å². The largest absolute Gasteiger partial charge is 0.416 e. The van der Waals surface area contributed by atoms with Gasteiger partial charge in [0.15, 0.2) is 0 Å². The van der Waals surface area contributed by atoms with Crippen molar-refractivity contribution in [2.24, 2.45) is 0 Å². The molecule has 0 saturated heterocycles. The van der Waals surface area contributed by atoms with Gasteiger partial charge in [0, 0.05) is 5.39 Å². The number of aromatic nitrogens is 2. The van der Waals surface area contributed by atoms with Gasteiger partial charge in [0.25, 0.3) is 0 Å². The molecule has 0 radical (unpaired) electrons. The highest BCUT2D eigenvalue weighted by atomic mass is 19.4. The lowest BCUT2D eigenvalue weighted by atomic mass is 10.1. The molecule has 0 aliphatic heterocycles. The fourth-order valence-electron chi connectivity index (χ4n) is 2.31. The van der Waals surface area contributed by atoms with Gasteiger partial charge in [-0.05, 0) is 29.8 Å². The molecule has 1 aromatic heterocycles. The molecule has 0 spiro atoms. The van der Waals surface area contributed by atoms with Gasteiger partial charge in [0.1, 0.15) is 0 Å². The van der Waals surface area contributed by atoms with E-state index in [-0.39, 0.29) is 12.0 Å². The van der Waals surface area contributed by atoms with Crippen molar-refractivity contribution < 1.29 is 13.2 Å². The van der Waals surface area contributed by atoms with Crippen molar-refractivity contribution in [3.63, 3.8) is 0 Å². The van der Waals surface area contributed by atoms with Crippen LogP contribution in [0.1, 0.15) is 11.1 Å². The molecule has 3 nitrogen and oxygen atoms in total. The zero-order chi connectivity index (χ0) is 15.7. The Morgan fingerprint density at radius 2 is 1.82 bits per heavy atom. The minimum atomic E-state index is -4.38. The van der Waals surface area contributed by atoms with Crippen LogP contribution in [0.15, 0.2) is 59.5 Å². The SMILES string of the molecule is O=c1cnn(Cc2cccc(C(F)(F)F)c2)c2ccccc12. The molecule has 0 amide bonds. The van der Waals surface area contributed by atoms with Gasteiger partial charge in [-0.2, -0.15) is 18.3 Å². The molecule has 0 unspecified atom stereocenters. The average Bonchev–Trinajstić information content (AvgIpc) is 2.50. The number of fused-ring (bicyclic) bond motifs is 1. The van der Waals surface area contributed by atoms with E-state index < -0.39 is 11.7 Å². The second-order valence-electron chi connectivity index (χ2n) is 4.88. The fourth-order valence-corrected chi connectivity index (χ4v) is 2.31. The summed E-state index contributed by atoms with van der Waals surface area (Å²) in [4.78, 5) is 11.7. The molecule has 0 saturated carbocycles. The number of para-hydroxylation sites is 1. The molecular weight excluding hydrogens is 293 g/mol. The van der Waals surface area contributed by atoms with Crippen LogP contribution in [0.25, 0.3) is 10.9 Å². The van der Waals surface area contributed by atoms with Crippen LogP contribution in [-0.4, -0.2) is 9.78 Å². The molecule has 0 N–H and O–H groups in total. The number of hydrogen-bond donors (Lipinski definition) is 0. The van der Waals surface area contributed by atoms with Gasteiger partial charge >= 0.3 is 6.18 Å². The summed E-state index contributed by atoms with van der Waals surface area (Å²) in [5.74, 6) is 0. The zero-order valence-corrected chi connectivity index (χ0v) is 11.3. The van der Waals surface area contributed by atoms with Gasteiger partial charge in [-0.25, -0.2) is 0 Å². The number of benzene rings is 2. The zero-order valence-electron chi connectivity index (χ0n) is 11.3. The van der Waals surface area contributed by atoms with Gasteiger partial charge in [0.05, 0.1) is 23.8 Å². The lowest BCUT2D eigenvalue weighted by molar-refractivity contribution is -0.137. The van der Waals surface area contributed by atoms with Crippen LogP contribution in [0.5, 0.6) is 0 Å². The molecule has 0 fully saturated rings. The normalized spacial score (nSPS) is 11.8. The van der Waals surface area contributed by atoms with Crippen molar-refractivity contribution in [2.75, 3.05) is 0 Å². The highest BCUT2D eigenvalue weighted by Crippen LogP contribution is 2.29. The maximum Gasteiger partial charge on any atom is 0.416 e. The van der Waals surface area contributed by atoms with E-state index in [1.54, 1.807) is 30.3 Å². The fraction of sp³-hybridized carbons (Fsp3) is 0.125. The van der Waals surface area contributed by atoms with Crippen LogP contribution < -0.4 is 5.43 Å². The molecule has 0 atom stereocenters. The Kier molecular flexibility index (Phi) is 3.44. The third-order valence-electron chi connectivity index (χ3n) is 3.35. The maximum atomic E-state index is 12.7. The number of hydrogen-bond acceptors (Lipinski definition) is 2. The molecule has 1 heterocycles. The summed E-state index contributed by atoms with van der Waals surface area (Å²) in [7, 11) is 0. The molecule has 0 bridgehead atoms. The summed E-state index contributed by atoms with van der Waals surface area (Å²) in [6, 6.07) is 12.0. The Morgan fingerprint density at radius 3 is 2.59 bits per heavy atom. The van der Waals surface area contributed by atoms with Crippen LogP contribution in [-0.2, 0) is 12.7 Å². The highest BCUT2D eigenvalue weighted by Gasteiger charge is 2.30. The van der Waals surface area contributed by atoms with E-state index >= 15 is 0 Å². The molecule has 3 aromatic rings. The van der Waals surface area contributed by atoms with E-state index in [1.807, 2.05) is 0 Å². The average molecular weight is 304 g/mol. The van der Waals surface area contributed by atoms with Gasteiger partial charge in [-0.3, -0.25) is 9.48 Å². The van der Waals surface area contributed by atoms with Gasteiger partial charge in [0.2, 0.25) is 5.43 Å². The predicted molar refractivity (Wildman–Crippen MR) is 76.5 cm³/mol. The Labute approximate surface area is 123 Å². The standard InChI is InChI=1S/C16H11F3N2O/c17-16(18,19)12-5-3-4-11(8-12)10-21-14-7-2-1-6-13(14)15(22)9-20-21/h1-9H,10H2. The molecule has 3 rings (SSSR count). The van der Waals surface area contributed by atoms with Crippen LogP contribution >= 0.6 is 0 Å². The Hall–Kier alpha value is -2.63. The number of alkyl halides is 3. The minimum absolute atomic E-state index is 0.157. The molecule has 112 valence electrons. The first-order valence-corrected chi connectivity index (χ1v) is 6.56. The predicted octanol–water partition coefficient (Wildman–Crippen LogP) is 3.46. The smallest absolute Gasteiger partial charge is 0.287 e. The summed E-state index contributed by atoms with van der Waals surface area (Å²) in [6.07, 6.45) is -3.20. The summed E-state index contributed by atoms with van der Waals surface area (Å²) in [5.41, 5.74) is 0.148. The second-order valence-corrected chi connectivity index (χ2v) is 4.88. The molecule has 22 heavy (non-hydrogen) atoms.